The summed E-state index contributed by atoms with van der Waals surface area (Å²) in [5.41, 5.74) is 1.73. The van der Waals surface area contributed by atoms with Crippen molar-refractivity contribution in [3.05, 3.63) is 45.9 Å². The highest BCUT2D eigenvalue weighted by molar-refractivity contribution is 7.11. The number of aliphatic imine (C=N–C) groups is 1. The Morgan fingerprint density at radius 3 is 2.62 bits per heavy atom. The molecule has 0 unspecified atom stereocenters. The maximum Gasteiger partial charge on any atom is 0.411 e. The van der Waals surface area contributed by atoms with Gasteiger partial charge in [0.25, 0.3) is 0 Å². The second-order valence-corrected chi connectivity index (χ2v) is 6.64. The Balaban J connectivity index is 1.91. The van der Waals surface area contributed by atoms with Gasteiger partial charge in [0.1, 0.15) is 5.01 Å². The van der Waals surface area contributed by atoms with Crippen LogP contribution in [0.4, 0.5) is 10.5 Å². The summed E-state index contributed by atoms with van der Waals surface area (Å²) >= 11 is 1.71. The first-order valence-corrected chi connectivity index (χ1v) is 9.35. The van der Waals surface area contributed by atoms with E-state index in [0.29, 0.717) is 18.8 Å². The van der Waals surface area contributed by atoms with E-state index >= 15 is 0 Å². The van der Waals surface area contributed by atoms with Crippen LogP contribution in [0.25, 0.3) is 0 Å². The van der Waals surface area contributed by atoms with Crippen LogP contribution in [0.2, 0.25) is 0 Å². The van der Waals surface area contributed by atoms with Gasteiger partial charge in [-0.15, -0.1) is 11.3 Å². The predicted molar refractivity (Wildman–Crippen MR) is 106 cm³/mol. The number of nitrogens with zero attached hydrogens (tertiary/aromatic N) is 2. The number of amides is 1. The van der Waals surface area contributed by atoms with Crippen molar-refractivity contribution in [1.29, 1.82) is 0 Å². The van der Waals surface area contributed by atoms with Crippen molar-refractivity contribution >= 4 is 29.1 Å². The first-order chi connectivity index (χ1) is 12.6. The van der Waals surface area contributed by atoms with Crippen LogP contribution in [0.15, 0.2) is 35.5 Å². The van der Waals surface area contributed by atoms with Crippen molar-refractivity contribution in [2.75, 3.05) is 19.0 Å². The van der Waals surface area contributed by atoms with Crippen molar-refractivity contribution < 1.29 is 9.53 Å². The number of methoxy groups -OCH3 is 1. The van der Waals surface area contributed by atoms with Crippen molar-refractivity contribution in [1.82, 2.24) is 15.6 Å². The summed E-state index contributed by atoms with van der Waals surface area (Å²) in [6.45, 7) is 6.13. The quantitative estimate of drug-likeness (QED) is 0.511. The molecule has 1 aromatic heterocycles. The molecule has 140 valence electrons. The number of anilines is 1. The highest BCUT2D eigenvalue weighted by Crippen LogP contribution is 2.13. The van der Waals surface area contributed by atoms with E-state index in [1.54, 1.807) is 11.3 Å². The van der Waals surface area contributed by atoms with Gasteiger partial charge >= 0.3 is 6.09 Å². The minimum atomic E-state index is -0.484. The number of nitrogens with one attached hydrogen (secondary N) is 3. The zero-order chi connectivity index (χ0) is 18.8. The summed E-state index contributed by atoms with van der Waals surface area (Å²) in [4.78, 5) is 21.5. The Kier molecular flexibility index (Phi) is 7.88. The standard InChI is InChI=1S/C18H25N5O2S/c1-4-15-11-20-16(26-15)12-22-17(19-5-2)21-10-13-6-8-14(9-7-13)23-18(24)25-3/h6-9,11H,4-5,10,12H2,1-3H3,(H,23,24)(H2,19,21,22). The number of benzene rings is 1. The number of hydrogen-bond donors (Lipinski definition) is 3. The Morgan fingerprint density at radius 2 is 2.00 bits per heavy atom. The third kappa shape index (κ3) is 6.36. The summed E-state index contributed by atoms with van der Waals surface area (Å²) in [5.74, 6) is 0.748. The minimum absolute atomic E-state index is 0.484. The zero-order valence-corrected chi connectivity index (χ0v) is 16.2. The highest BCUT2D eigenvalue weighted by Gasteiger charge is 2.03. The van der Waals surface area contributed by atoms with E-state index in [9.17, 15) is 4.79 Å². The Hall–Kier alpha value is -2.61. The van der Waals surface area contributed by atoms with E-state index in [1.807, 2.05) is 37.4 Å². The van der Waals surface area contributed by atoms with Crippen LogP contribution in [0.3, 0.4) is 0 Å². The average molecular weight is 375 g/mol. The lowest BCUT2D eigenvalue weighted by Gasteiger charge is -2.10. The molecule has 2 rings (SSSR count). The van der Waals surface area contributed by atoms with Gasteiger partial charge in [-0.1, -0.05) is 19.1 Å². The fourth-order valence-corrected chi connectivity index (χ4v) is 2.93. The van der Waals surface area contributed by atoms with Crippen LogP contribution in [0.1, 0.15) is 29.3 Å². The molecule has 0 saturated heterocycles. The summed E-state index contributed by atoms with van der Waals surface area (Å²) in [5, 5.41) is 10.2. The normalized spacial score (nSPS) is 11.1. The maximum atomic E-state index is 11.2. The molecule has 0 saturated carbocycles. The summed E-state index contributed by atoms with van der Waals surface area (Å²) in [6.07, 6.45) is 2.45. The summed E-state index contributed by atoms with van der Waals surface area (Å²) in [7, 11) is 1.34. The van der Waals surface area contributed by atoms with E-state index in [2.05, 4.69) is 37.6 Å². The molecule has 0 radical (unpaired) electrons. The molecule has 8 heteroatoms. The van der Waals surface area contributed by atoms with Gasteiger partial charge in [-0.05, 0) is 31.0 Å². The van der Waals surface area contributed by atoms with E-state index in [4.69, 9.17) is 0 Å². The van der Waals surface area contributed by atoms with Crippen molar-refractivity contribution in [2.24, 2.45) is 4.99 Å². The zero-order valence-electron chi connectivity index (χ0n) is 15.3. The summed E-state index contributed by atoms with van der Waals surface area (Å²) < 4.78 is 4.57. The number of thiazole rings is 1. The maximum absolute atomic E-state index is 11.2. The Morgan fingerprint density at radius 1 is 1.23 bits per heavy atom. The third-order valence-electron chi connectivity index (χ3n) is 3.51. The topological polar surface area (TPSA) is 87.6 Å². The molecular formula is C18H25N5O2S. The lowest BCUT2D eigenvalue weighted by Crippen LogP contribution is -2.36. The SMILES string of the molecule is CCNC(=NCc1ccc(NC(=O)OC)cc1)NCc1ncc(CC)s1. The molecule has 1 heterocycles. The fourth-order valence-electron chi connectivity index (χ4n) is 2.13. The predicted octanol–water partition coefficient (Wildman–Crippen LogP) is 3.14. The van der Waals surface area contributed by atoms with Gasteiger partial charge in [0.2, 0.25) is 0 Å². The van der Waals surface area contributed by atoms with Gasteiger partial charge in [-0.25, -0.2) is 14.8 Å². The minimum Gasteiger partial charge on any atom is -0.453 e. The van der Waals surface area contributed by atoms with E-state index in [1.165, 1.54) is 12.0 Å². The molecule has 0 spiro atoms. The lowest BCUT2D eigenvalue weighted by atomic mass is 10.2. The van der Waals surface area contributed by atoms with E-state index < -0.39 is 6.09 Å². The monoisotopic (exact) mass is 375 g/mol. The second-order valence-electron chi connectivity index (χ2n) is 5.44. The van der Waals surface area contributed by atoms with Gasteiger partial charge in [-0.3, -0.25) is 5.32 Å². The van der Waals surface area contributed by atoms with Crippen molar-refractivity contribution in [2.45, 2.75) is 33.4 Å². The van der Waals surface area contributed by atoms with Gasteiger partial charge < -0.3 is 15.4 Å². The lowest BCUT2D eigenvalue weighted by molar-refractivity contribution is 0.187. The molecular weight excluding hydrogens is 350 g/mol. The number of rotatable bonds is 7. The molecule has 1 amide bonds. The molecule has 0 fully saturated rings. The highest BCUT2D eigenvalue weighted by atomic mass is 32.1. The third-order valence-corrected chi connectivity index (χ3v) is 4.65. The van der Waals surface area contributed by atoms with Crippen molar-refractivity contribution in [3.63, 3.8) is 0 Å². The number of guanidine groups is 1. The fraction of sp³-hybridized carbons (Fsp3) is 0.389. The Labute approximate surface area is 157 Å². The number of carbonyl (C=O) groups excluding carboxylic acids is 1. The smallest absolute Gasteiger partial charge is 0.411 e. The number of aromatic nitrogens is 1. The van der Waals surface area contributed by atoms with Gasteiger partial charge in [0.05, 0.1) is 20.2 Å². The molecule has 0 bridgehead atoms. The molecule has 7 nitrogen and oxygen atoms in total. The van der Waals surface area contributed by atoms with Gasteiger partial charge in [-0.2, -0.15) is 0 Å². The molecule has 2 aromatic rings. The van der Waals surface area contributed by atoms with Crippen LogP contribution < -0.4 is 16.0 Å². The first-order valence-electron chi connectivity index (χ1n) is 8.54. The van der Waals surface area contributed by atoms with Crippen molar-refractivity contribution in [3.8, 4) is 0 Å². The first kappa shape index (κ1) is 19.7. The van der Waals surface area contributed by atoms with Gasteiger partial charge in [0, 0.05) is 23.3 Å². The number of aryl methyl sites for hydroxylation is 1. The molecule has 0 aliphatic heterocycles. The number of carbonyl (C=O) groups is 1. The molecule has 1 aromatic carbocycles. The second kappa shape index (κ2) is 10.4. The van der Waals surface area contributed by atoms with Crippen LogP contribution in [-0.4, -0.2) is 30.7 Å². The molecule has 0 atom stereocenters. The average Bonchev–Trinajstić information content (AvgIpc) is 3.13. The molecule has 0 aliphatic rings. The van der Waals surface area contributed by atoms with Gasteiger partial charge in [0.15, 0.2) is 5.96 Å². The summed E-state index contributed by atoms with van der Waals surface area (Å²) in [6, 6.07) is 7.49. The van der Waals surface area contributed by atoms with Crippen LogP contribution in [-0.2, 0) is 24.2 Å². The molecule has 26 heavy (non-hydrogen) atoms. The van der Waals surface area contributed by atoms with Crippen LogP contribution >= 0.6 is 11.3 Å². The number of hydrogen-bond acceptors (Lipinski definition) is 5. The van der Waals surface area contributed by atoms with Crippen LogP contribution in [0.5, 0.6) is 0 Å². The van der Waals surface area contributed by atoms with E-state index in [-0.39, 0.29) is 0 Å². The van der Waals surface area contributed by atoms with E-state index in [0.717, 1.165) is 29.5 Å². The largest absolute Gasteiger partial charge is 0.453 e. The number of ether oxygens (including phenoxy) is 1. The Bertz CT molecular complexity index is 727. The molecule has 0 aliphatic carbocycles. The molecule has 3 N–H and O–H groups in total. The van der Waals surface area contributed by atoms with Crippen LogP contribution in [0, 0.1) is 0 Å².